The van der Waals surface area contributed by atoms with Gasteiger partial charge in [-0.3, -0.25) is 14.4 Å². The molecular weight excluding hydrogens is 911 g/mol. The van der Waals surface area contributed by atoms with Crippen molar-refractivity contribution in [2.24, 2.45) is 11.7 Å². The molecule has 0 radical (unpaired) electrons. The molecule has 1 aliphatic heterocycles. The minimum Gasteiger partial charge on any atom is -0.490 e. The number of nitrogens with one attached hydrogen (secondary N) is 3. The Kier molecular flexibility index (Phi) is 12.9. The molecule has 17 heteroatoms. The predicted octanol–water partition coefficient (Wildman–Crippen LogP) is 9.46. The third-order valence-corrected chi connectivity index (χ3v) is 12.8. The minimum atomic E-state index is -0.618. The second-order valence-corrected chi connectivity index (χ2v) is 17.6. The van der Waals surface area contributed by atoms with Crippen molar-refractivity contribution in [3.05, 3.63) is 152 Å². The molecule has 8 aromatic rings. The van der Waals surface area contributed by atoms with Crippen LogP contribution in [0, 0.1) is 12.8 Å². The van der Waals surface area contributed by atoms with Gasteiger partial charge in [-0.25, -0.2) is 15.0 Å². The van der Waals surface area contributed by atoms with Gasteiger partial charge in [0.25, 0.3) is 5.91 Å². The summed E-state index contributed by atoms with van der Waals surface area (Å²) >= 11 is 0. The van der Waals surface area contributed by atoms with Crippen LogP contribution >= 0.6 is 0 Å². The summed E-state index contributed by atoms with van der Waals surface area (Å²) in [6, 6.07) is 32.0. The van der Waals surface area contributed by atoms with Crippen molar-refractivity contribution >= 4 is 46.2 Å². The molecule has 72 heavy (non-hydrogen) atoms. The number of aryl methyl sites for hydroxylation is 1. The molecule has 7 N–H and O–H groups in total. The van der Waals surface area contributed by atoms with Crippen LogP contribution in [0.2, 0.25) is 0 Å². The lowest BCUT2D eigenvalue weighted by atomic mass is 9.96. The number of carbonyl (C=O) groups is 3. The van der Waals surface area contributed by atoms with Gasteiger partial charge < -0.3 is 46.2 Å². The highest BCUT2D eigenvalue weighted by molar-refractivity contribution is 6.09. The summed E-state index contributed by atoms with van der Waals surface area (Å²) in [5.74, 6) is 1.04. The molecule has 0 spiro atoms. The van der Waals surface area contributed by atoms with Crippen LogP contribution < -0.4 is 41.6 Å². The number of nitrogen functional groups attached to an aromatic ring is 1. The lowest BCUT2D eigenvalue weighted by Crippen LogP contribution is -2.32. The van der Waals surface area contributed by atoms with Crippen LogP contribution in [0.5, 0.6) is 23.4 Å². The van der Waals surface area contributed by atoms with Crippen molar-refractivity contribution in [3.8, 4) is 68.0 Å². The van der Waals surface area contributed by atoms with E-state index in [9.17, 15) is 14.4 Å². The summed E-state index contributed by atoms with van der Waals surface area (Å²) in [5.41, 5.74) is 21.7. The highest BCUT2D eigenvalue weighted by atomic mass is 16.5. The van der Waals surface area contributed by atoms with Crippen LogP contribution in [0.15, 0.2) is 141 Å². The number of primary amides is 1. The number of amides is 3. The molecule has 1 saturated carbocycles. The number of carbonyl (C=O) groups excluding carboxylic acids is 3. The lowest BCUT2D eigenvalue weighted by Gasteiger charge is -2.28. The number of hydrogen-bond acceptors (Lipinski definition) is 12. The summed E-state index contributed by atoms with van der Waals surface area (Å²) in [5, 5.41) is 13.9. The molecule has 1 fully saturated rings. The zero-order chi connectivity index (χ0) is 49.9. The zero-order valence-corrected chi connectivity index (χ0v) is 39.4. The molecule has 1 unspecified atom stereocenters. The van der Waals surface area contributed by atoms with Gasteiger partial charge in [-0.15, -0.1) is 0 Å². The largest absolute Gasteiger partial charge is 0.490 e. The van der Waals surface area contributed by atoms with Gasteiger partial charge in [0.2, 0.25) is 17.7 Å². The smallest absolute Gasteiger partial charge is 0.322 e. The molecule has 5 heterocycles. The van der Waals surface area contributed by atoms with Crippen LogP contribution in [0.4, 0.5) is 23.0 Å². The normalized spacial score (nSPS) is 14.2. The van der Waals surface area contributed by atoms with E-state index in [-0.39, 0.29) is 42.3 Å². The number of hydrogen-bond donors (Lipinski definition) is 5. The molecule has 0 saturated heterocycles. The predicted molar refractivity (Wildman–Crippen MR) is 277 cm³/mol. The van der Waals surface area contributed by atoms with Gasteiger partial charge in [-0.05, 0) is 122 Å². The summed E-state index contributed by atoms with van der Waals surface area (Å²) < 4.78 is 23.0. The van der Waals surface area contributed by atoms with Gasteiger partial charge >= 0.3 is 6.01 Å². The number of rotatable bonds is 16. The van der Waals surface area contributed by atoms with Gasteiger partial charge in [0.05, 0.1) is 29.5 Å². The monoisotopic (exact) mass is 961 g/mol. The molecule has 1 atom stereocenters. The number of ether oxygens (including phenoxy) is 3. The fourth-order valence-corrected chi connectivity index (χ4v) is 9.43. The fraction of sp³-hybridized carbons (Fsp3) is 0.182. The van der Waals surface area contributed by atoms with Crippen LogP contribution in [0.25, 0.3) is 50.2 Å². The van der Waals surface area contributed by atoms with E-state index in [4.69, 9.17) is 30.8 Å². The van der Waals surface area contributed by atoms with E-state index in [1.54, 1.807) is 41.0 Å². The SMILES string of the molecule is C=CC(=O)Nc1ccc(-c2c(-c3ccc(OC4CCCC4)cc3)c3c(N)ncnn3c2OCC2CNc3c(C(N)=O)c(-c4ccc(Oc5nccc(C)n5)cc4)c(-c4ccc(NC(=O)C=C)cc4)n3C2)cc1. The summed E-state index contributed by atoms with van der Waals surface area (Å²) in [6.07, 6.45) is 10.0. The van der Waals surface area contributed by atoms with Gasteiger partial charge in [-0.1, -0.05) is 61.7 Å². The Bertz CT molecular complexity index is 3360. The van der Waals surface area contributed by atoms with E-state index in [1.165, 1.54) is 18.5 Å². The second-order valence-electron chi connectivity index (χ2n) is 17.6. The minimum absolute atomic E-state index is 0.182. The average Bonchev–Trinajstić information content (AvgIpc) is 4.12. The molecule has 4 aromatic carbocycles. The van der Waals surface area contributed by atoms with Gasteiger partial charge in [0, 0.05) is 53.4 Å². The van der Waals surface area contributed by atoms with Crippen molar-refractivity contribution in [2.75, 3.05) is 34.8 Å². The molecular formula is C55H51N11O6. The molecule has 2 aliphatic rings. The van der Waals surface area contributed by atoms with E-state index >= 15 is 0 Å². The number of anilines is 4. The Balaban J connectivity index is 1.04. The third-order valence-electron chi connectivity index (χ3n) is 12.8. The Labute approximate surface area is 414 Å². The number of benzene rings is 4. The van der Waals surface area contributed by atoms with Gasteiger partial charge in [-0.2, -0.15) is 9.61 Å². The van der Waals surface area contributed by atoms with Crippen molar-refractivity contribution in [2.45, 2.75) is 45.3 Å². The summed E-state index contributed by atoms with van der Waals surface area (Å²) in [4.78, 5) is 51.2. The topological polar surface area (TPSA) is 228 Å². The first-order valence-corrected chi connectivity index (χ1v) is 23.6. The van der Waals surface area contributed by atoms with Crippen molar-refractivity contribution in [1.82, 2.24) is 29.1 Å². The highest BCUT2D eigenvalue weighted by Crippen LogP contribution is 2.48. The van der Waals surface area contributed by atoms with Crippen LogP contribution in [-0.4, -0.2) is 66.1 Å². The highest BCUT2D eigenvalue weighted by Gasteiger charge is 2.34. The van der Waals surface area contributed by atoms with Crippen LogP contribution in [0.1, 0.15) is 41.7 Å². The molecule has 362 valence electrons. The van der Waals surface area contributed by atoms with Gasteiger partial charge in [0.1, 0.15) is 29.2 Å². The summed E-state index contributed by atoms with van der Waals surface area (Å²) in [6.45, 7) is 10.0. The maximum Gasteiger partial charge on any atom is 0.322 e. The molecule has 4 aromatic heterocycles. The first-order chi connectivity index (χ1) is 35.0. The quantitative estimate of drug-likeness (QED) is 0.0571. The maximum absolute atomic E-state index is 13.7. The standard InChI is InChI=1S/C55H51N11O6/c1-4-43(67)63-38-18-10-36(11-19-38)47-45(34-14-22-41(23-15-34)71-40-8-6-7-9-40)50-51(56)60-31-61-66(50)54(47)70-30-33-28-59-53-48(52(57)69)46(35-16-24-42(25-17-35)72-55-58-27-26-32(3)62-55)49(65(53)29-33)37-12-20-39(21-13-37)64-44(68)5-2/h4-5,10-27,31,33,40,59H,1-2,6-9,28-30H2,3H3,(H2,57,69)(H,63,67)(H,64,68)(H2,56,60,61). The number of nitrogens with two attached hydrogens (primary N) is 2. The van der Waals surface area contributed by atoms with Crippen LogP contribution in [-0.2, 0) is 16.1 Å². The molecule has 0 bridgehead atoms. The Morgan fingerprint density at radius 3 is 2.00 bits per heavy atom. The van der Waals surface area contributed by atoms with Crippen LogP contribution in [0.3, 0.4) is 0 Å². The first-order valence-electron chi connectivity index (χ1n) is 23.6. The molecule has 1 aliphatic carbocycles. The Morgan fingerprint density at radius 1 is 0.778 bits per heavy atom. The number of aromatic nitrogens is 6. The molecule has 3 amide bonds. The summed E-state index contributed by atoms with van der Waals surface area (Å²) in [7, 11) is 0. The number of nitrogens with zero attached hydrogens (tertiary/aromatic N) is 6. The van der Waals surface area contributed by atoms with E-state index in [1.807, 2.05) is 79.7 Å². The molecule has 17 nitrogen and oxygen atoms in total. The number of fused-ring (bicyclic) bond motifs is 2. The lowest BCUT2D eigenvalue weighted by molar-refractivity contribution is -0.112. The van der Waals surface area contributed by atoms with Crippen molar-refractivity contribution in [3.63, 3.8) is 0 Å². The molecule has 10 rings (SSSR count). The third kappa shape index (κ3) is 9.42. The Morgan fingerprint density at radius 2 is 1.38 bits per heavy atom. The van der Waals surface area contributed by atoms with Crippen molar-refractivity contribution in [1.29, 1.82) is 0 Å². The van der Waals surface area contributed by atoms with E-state index < -0.39 is 5.91 Å². The van der Waals surface area contributed by atoms with E-state index in [0.29, 0.717) is 75.4 Å². The first kappa shape index (κ1) is 46.5. The zero-order valence-electron chi connectivity index (χ0n) is 39.4. The Hall–Kier alpha value is -9.25. The second kappa shape index (κ2) is 20.0. The van der Waals surface area contributed by atoms with Crippen molar-refractivity contribution < 1.29 is 28.6 Å². The van der Waals surface area contributed by atoms with Gasteiger partial charge in [0.15, 0.2) is 5.82 Å². The fourth-order valence-electron chi connectivity index (χ4n) is 9.43. The maximum atomic E-state index is 13.7. The average molecular weight is 962 g/mol. The van der Waals surface area contributed by atoms with E-state index in [0.717, 1.165) is 59.4 Å². The van der Waals surface area contributed by atoms with E-state index in [2.05, 4.69) is 48.6 Å².